The van der Waals surface area contributed by atoms with Crippen LogP contribution in [0.25, 0.3) is 10.6 Å². The maximum absolute atomic E-state index is 5.57. The van der Waals surface area contributed by atoms with E-state index < -0.39 is 0 Å². The smallest absolute Gasteiger partial charge is 0.191 e. The zero-order valence-electron chi connectivity index (χ0n) is 17.7. The molecule has 0 spiro atoms. The predicted octanol–water partition coefficient (Wildman–Crippen LogP) is 4.28. The number of hydrogen-bond acceptors (Lipinski definition) is 5. The number of fused-ring (bicyclic) bond motifs is 1. The van der Waals surface area contributed by atoms with E-state index in [1.54, 1.807) is 25.5 Å². The number of rotatable bonds is 7. The number of guanidine groups is 1. The number of halogens is 1. The van der Waals surface area contributed by atoms with Crippen LogP contribution in [-0.2, 0) is 19.4 Å². The number of nitrogens with one attached hydrogen (secondary N) is 2. The molecule has 31 heavy (non-hydrogen) atoms. The van der Waals surface area contributed by atoms with Crippen LogP contribution >= 0.6 is 35.3 Å². The molecular weight excluding hydrogens is 523 g/mol. The first kappa shape index (κ1) is 23.3. The Morgan fingerprint density at radius 3 is 2.81 bits per heavy atom. The molecule has 1 aliphatic rings. The standard InChI is InChI=1S/C23H26N4O2S.HI/c1-24-23(25-11-9-16-3-8-21-18(13-16)10-12-29-21)26-14-19-15-30-22(27-19)17-4-6-20(28-2)7-5-17;/h3-8,13,15H,9-12,14H2,1-2H3,(H2,24,25,26);1H. The molecule has 0 aliphatic carbocycles. The number of methoxy groups -OCH3 is 1. The van der Waals surface area contributed by atoms with Crippen LogP contribution in [0.2, 0.25) is 0 Å². The molecule has 0 saturated carbocycles. The van der Waals surface area contributed by atoms with Gasteiger partial charge in [-0.25, -0.2) is 4.98 Å². The van der Waals surface area contributed by atoms with Crippen LogP contribution in [0.5, 0.6) is 11.5 Å². The van der Waals surface area contributed by atoms with Crippen molar-refractivity contribution in [2.45, 2.75) is 19.4 Å². The lowest BCUT2D eigenvalue weighted by molar-refractivity contribution is 0.357. The third kappa shape index (κ3) is 6.10. The molecule has 2 aromatic carbocycles. The first-order valence-corrected chi connectivity index (χ1v) is 10.9. The zero-order valence-corrected chi connectivity index (χ0v) is 20.8. The van der Waals surface area contributed by atoms with E-state index in [-0.39, 0.29) is 24.0 Å². The molecule has 0 atom stereocenters. The largest absolute Gasteiger partial charge is 0.497 e. The molecule has 0 unspecified atom stereocenters. The molecule has 4 rings (SSSR count). The van der Waals surface area contributed by atoms with Gasteiger partial charge in [0.15, 0.2) is 5.96 Å². The van der Waals surface area contributed by atoms with Crippen LogP contribution in [0.3, 0.4) is 0 Å². The van der Waals surface area contributed by atoms with E-state index in [0.29, 0.717) is 6.54 Å². The monoisotopic (exact) mass is 550 g/mol. The number of benzene rings is 2. The first-order chi connectivity index (χ1) is 14.7. The van der Waals surface area contributed by atoms with Gasteiger partial charge in [-0.3, -0.25) is 4.99 Å². The molecular formula is C23H27IN4O2S. The number of ether oxygens (including phenoxy) is 2. The van der Waals surface area contributed by atoms with Crippen molar-refractivity contribution >= 4 is 41.3 Å². The molecule has 2 heterocycles. The Labute approximate surface area is 204 Å². The summed E-state index contributed by atoms with van der Waals surface area (Å²) in [6.45, 7) is 2.24. The van der Waals surface area contributed by atoms with Gasteiger partial charge in [-0.1, -0.05) is 12.1 Å². The summed E-state index contributed by atoms with van der Waals surface area (Å²) in [5.74, 6) is 2.65. The van der Waals surface area contributed by atoms with Gasteiger partial charge in [0.2, 0.25) is 0 Å². The van der Waals surface area contributed by atoms with Crippen molar-refractivity contribution in [1.29, 1.82) is 0 Å². The van der Waals surface area contributed by atoms with E-state index in [9.17, 15) is 0 Å². The minimum atomic E-state index is 0. The topological polar surface area (TPSA) is 67.8 Å². The van der Waals surface area contributed by atoms with E-state index in [4.69, 9.17) is 14.5 Å². The van der Waals surface area contributed by atoms with Crippen molar-refractivity contribution in [2.24, 2.45) is 4.99 Å². The lowest BCUT2D eigenvalue weighted by Gasteiger charge is -2.11. The van der Waals surface area contributed by atoms with E-state index in [2.05, 4.69) is 39.2 Å². The molecule has 0 radical (unpaired) electrons. The minimum absolute atomic E-state index is 0. The van der Waals surface area contributed by atoms with Crippen LogP contribution < -0.4 is 20.1 Å². The van der Waals surface area contributed by atoms with Crippen LogP contribution in [0, 0.1) is 0 Å². The number of hydrogen-bond donors (Lipinski definition) is 2. The van der Waals surface area contributed by atoms with Crippen LogP contribution in [0.4, 0.5) is 0 Å². The highest BCUT2D eigenvalue weighted by Gasteiger charge is 2.12. The summed E-state index contributed by atoms with van der Waals surface area (Å²) in [5, 5.41) is 9.79. The molecule has 0 amide bonds. The third-order valence-corrected chi connectivity index (χ3v) is 5.95. The lowest BCUT2D eigenvalue weighted by Crippen LogP contribution is -2.37. The van der Waals surface area contributed by atoms with E-state index in [1.807, 2.05) is 24.3 Å². The molecule has 1 aromatic heterocycles. The van der Waals surface area contributed by atoms with Gasteiger partial charge in [-0.2, -0.15) is 0 Å². The van der Waals surface area contributed by atoms with E-state index in [0.717, 1.165) is 59.7 Å². The predicted molar refractivity (Wildman–Crippen MR) is 137 cm³/mol. The molecule has 3 aromatic rings. The Bertz CT molecular complexity index is 1020. The summed E-state index contributed by atoms with van der Waals surface area (Å²) in [6, 6.07) is 14.4. The van der Waals surface area contributed by atoms with Crippen molar-refractivity contribution in [3.8, 4) is 22.1 Å². The Hall–Kier alpha value is -2.33. The number of thiazole rings is 1. The quantitative estimate of drug-likeness (QED) is 0.261. The molecule has 0 bridgehead atoms. The van der Waals surface area contributed by atoms with E-state index >= 15 is 0 Å². The minimum Gasteiger partial charge on any atom is -0.497 e. The van der Waals surface area contributed by atoms with Gasteiger partial charge >= 0.3 is 0 Å². The van der Waals surface area contributed by atoms with Crippen LogP contribution in [-0.4, -0.2) is 38.3 Å². The highest BCUT2D eigenvalue weighted by molar-refractivity contribution is 14.0. The second-order valence-electron chi connectivity index (χ2n) is 7.02. The van der Waals surface area contributed by atoms with Crippen LogP contribution in [0.15, 0.2) is 52.8 Å². The number of aromatic nitrogens is 1. The average molecular weight is 550 g/mol. The Balaban J connectivity index is 0.00000272. The third-order valence-electron chi connectivity index (χ3n) is 5.01. The molecule has 0 fully saturated rings. The van der Waals surface area contributed by atoms with Crippen molar-refractivity contribution < 1.29 is 9.47 Å². The fourth-order valence-corrected chi connectivity index (χ4v) is 4.20. The lowest BCUT2D eigenvalue weighted by atomic mass is 10.1. The maximum atomic E-state index is 5.57. The molecule has 2 N–H and O–H groups in total. The molecule has 0 saturated heterocycles. The molecule has 1 aliphatic heterocycles. The summed E-state index contributed by atoms with van der Waals surface area (Å²) in [6.07, 6.45) is 1.94. The van der Waals surface area contributed by atoms with Gasteiger partial charge in [0.05, 0.1) is 26.0 Å². The molecule has 8 heteroatoms. The van der Waals surface area contributed by atoms with Gasteiger partial charge in [-0.05, 0) is 47.9 Å². The fourth-order valence-electron chi connectivity index (χ4n) is 3.37. The fraction of sp³-hybridized carbons (Fsp3) is 0.304. The van der Waals surface area contributed by atoms with Crippen LogP contribution in [0.1, 0.15) is 16.8 Å². The van der Waals surface area contributed by atoms with Crippen molar-refractivity contribution in [3.05, 3.63) is 64.7 Å². The molecule has 6 nitrogen and oxygen atoms in total. The number of aliphatic imine (C=N–C) groups is 1. The Morgan fingerprint density at radius 1 is 1.19 bits per heavy atom. The normalized spacial score (nSPS) is 12.5. The van der Waals surface area contributed by atoms with Gasteiger partial charge in [-0.15, -0.1) is 35.3 Å². The van der Waals surface area contributed by atoms with Crippen molar-refractivity contribution in [1.82, 2.24) is 15.6 Å². The zero-order chi connectivity index (χ0) is 20.8. The second kappa shape index (κ2) is 11.3. The summed E-state index contributed by atoms with van der Waals surface area (Å²) < 4.78 is 10.8. The second-order valence-corrected chi connectivity index (χ2v) is 7.87. The van der Waals surface area contributed by atoms with Gasteiger partial charge in [0, 0.05) is 31.0 Å². The first-order valence-electron chi connectivity index (χ1n) is 10.0. The summed E-state index contributed by atoms with van der Waals surface area (Å²) in [7, 11) is 3.45. The summed E-state index contributed by atoms with van der Waals surface area (Å²) >= 11 is 1.64. The Morgan fingerprint density at radius 2 is 2.03 bits per heavy atom. The average Bonchev–Trinajstić information content (AvgIpc) is 3.45. The van der Waals surface area contributed by atoms with Gasteiger partial charge in [0.1, 0.15) is 16.5 Å². The SMILES string of the molecule is CN=C(NCCc1ccc2c(c1)CCO2)NCc1csc(-c2ccc(OC)cc2)n1.I. The van der Waals surface area contributed by atoms with Crippen molar-refractivity contribution in [2.75, 3.05) is 27.3 Å². The van der Waals surface area contributed by atoms with Gasteiger partial charge < -0.3 is 20.1 Å². The summed E-state index contributed by atoms with van der Waals surface area (Å²) in [4.78, 5) is 9.04. The van der Waals surface area contributed by atoms with Gasteiger partial charge in [0.25, 0.3) is 0 Å². The maximum Gasteiger partial charge on any atom is 0.191 e. The Kier molecular flexibility index (Phi) is 8.53. The highest BCUT2D eigenvalue weighted by atomic mass is 127. The van der Waals surface area contributed by atoms with Crippen molar-refractivity contribution in [3.63, 3.8) is 0 Å². The van der Waals surface area contributed by atoms with E-state index in [1.165, 1.54) is 11.1 Å². The molecule has 164 valence electrons. The summed E-state index contributed by atoms with van der Waals surface area (Å²) in [5.41, 5.74) is 4.71. The highest BCUT2D eigenvalue weighted by Crippen LogP contribution is 2.26. The number of nitrogens with zero attached hydrogens (tertiary/aromatic N) is 2.